The van der Waals surface area contributed by atoms with Crippen molar-refractivity contribution in [1.29, 1.82) is 0 Å². The zero-order valence-corrected chi connectivity index (χ0v) is 18.8. The molecule has 8 heteroatoms. The minimum Gasteiger partial charge on any atom is -0.338 e. The fourth-order valence-corrected chi connectivity index (χ4v) is 4.94. The smallest absolute Gasteiger partial charge is 0.253 e. The number of benzene rings is 2. The highest BCUT2D eigenvalue weighted by Crippen LogP contribution is 2.29. The Labute approximate surface area is 182 Å². The molecule has 1 saturated heterocycles. The van der Waals surface area contributed by atoms with Crippen LogP contribution in [0.25, 0.3) is 0 Å². The van der Waals surface area contributed by atoms with Crippen LogP contribution in [0.3, 0.4) is 0 Å². The van der Waals surface area contributed by atoms with Crippen LogP contribution in [0, 0.1) is 5.92 Å². The molecule has 0 saturated carbocycles. The number of hydrogen-bond donors (Lipinski definition) is 0. The molecule has 0 radical (unpaired) electrons. The monoisotopic (exact) mass is 454 g/mol. The summed E-state index contributed by atoms with van der Waals surface area (Å²) in [7, 11) is -3.59. The molecule has 0 bridgehead atoms. The quantitative estimate of drug-likeness (QED) is 0.649. The Balaban J connectivity index is 1.85. The van der Waals surface area contributed by atoms with Crippen LogP contribution in [0.1, 0.15) is 35.7 Å². The summed E-state index contributed by atoms with van der Waals surface area (Å²) in [6, 6.07) is 11.7. The van der Waals surface area contributed by atoms with Gasteiger partial charge in [-0.05, 0) is 55.2 Å². The molecule has 29 heavy (non-hydrogen) atoms. The van der Waals surface area contributed by atoms with E-state index in [-0.39, 0.29) is 12.5 Å². The van der Waals surface area contributed by atoms with Gasteiger partial charge in [0.25, 0.3) is 5.91 Å². The maximum absolute atomic E-state index is 12.8. The van der Waals surface area contributed by atoms with Gasteiger partial charge in [-0.25, -0.2) is 8.42 Å². The number of carbonyl (C=O) groups is 1. The number of carbonyl (C=O) groups excluding carboxylic acids is 1. The minimum absolute atomic E-state index is 0.00821. The second-order valence-electron chi connectivity index (χ2n) is 7.52. The van der Waals surface area contributed by atoms with Gasteiger partial charge in [0, 0.05) is 34.3 Å². The van der Waals surface area contributed by atoms with Crippen molar-refractivity contribution in [1.82, 2.24) is 4.90 Å². The number of hydrogen-bond acceptors (Lipinski definition) is 3. The lowest BCUT2D eigenvalue weighted by atomic mass is 9.99. The molecule has 2 aromatic rings. The first-order chi connectivity index (χ1) is 13.7. The molecule has 1 atom stereocenters. The summed E-state index contributed by atoms with van der Waals surface area (Å²) in [6.07, 6.45) is 3.27. The van der Waals surface area contributed by atoms with E-state index in [1.807, 2.05) is 4.90 Å². The Kier molecular flexibility index (Phi) is 6.76. The fraction of sp³-hybridized carbons (Fsp3) is 0.381. The van der Waals surface area contributed by atoms with E-state index in [1.54, 1.807) is 42.5 Å². The lowest BCUT2D eigenvalue weighted by Gasteiger charge is -2.31. The molecule has 1 aliphatic heterocycles. The van der Waals surface area contributed by atoms with Gasteiger partial charge in [0.15, 0.2) is 0 Å². The van der Waals surface area contributed by atoms with E-state index in [9.17, 15) is 13.2 Å². The van der Waals surface area contributed by atoms with Crippen LogP contribution >= 0.6 is 23.2 Å². The van der Waals surface area contributed by atoms with Crippen LogP contribution in [-0.2, 0) is 16.6 Å². The molecule has 0 spiro atoms. The summed E-state index contributed by atoms with van der Waals surface area (Å²) in [5.41, 5.74) is 1.53. The molecule has 3 rings (SSSR count). The second kappa shape index (κ2) is 8.94. The number of sulfonamides is 1. The lowest BCUT2D eigenvalue weighted by molar-refractivity contribution is 0.0683. The van der Waals surface area contributed by atoms with E-state index in [2.05, 4.69) is 6.92 Å². The van der Waals surface area contributed by atoms with Crippen molar-refractivity contribution < 1.29 is 13.2 Å². The van der Waals surface area contributed by atoms with Gasteiger partial charge < -0.3 is 4.90 Å². The maximum atomic E-state index is 12.8. The Morgan fingerprint density at radius 1 is 1.14 bits per heavy atom. The van der Waals surface area contributed by atoms with Gasteiger partial charge in [-0.2, -0.15) is 0 Å². The lowest BCUT2D eigenvalue weighted by Crippen LogP contribution is -2.39. The van der Waals surface area contributed by atoms with Crippen LogP contribution in [0.4, 0.5) is 5.69 Å². The molecular formula is C21H24Cl2N2O3S. The number of halogens is 2. The molecule has 5 nitrogen and oxygen atoms in total. The summed E-state index contributed by atoms with van der Waals surface area (Å²) in [4.78, 5) is 14.6. The summed E-state index contributed by atoms with van der Waals surface area (Å²) in [5, 5.41) is 0.800. The molecule has 1 aliphatic rings. The van der Waals surface area contributed by atoms with E-state index in [1.165, 1.54) is 4.31 Å². The Morgan fingerprint density at radius 2 is 1.76 bits per heavy atom. The molecule has 1 heterocycles. The Morgan fingerprint density at radius 3 is 2.31 bits per heavy atom. The number of likely N-dealkylation sites (tertiary alicyclic amines) is 1. The third kappa shape index (κ3) is 5.24. The first-order valence-electron chi connectivity index (χ1n) is 9.46. The zero-order valence-electron chi connectivity index (χ0n) is 16.4. The molecule has 1 fully saturated rings. The van der Waals surface area contributed by atoms with E-state index in [4.69, 9.17) is 23.2 Å². The van der Waals surface area contributed by atoms with Gasteiger partial charge >= 0.3 is 0 Å². The summed E-state index contributed by atoms with van der Waals surface area (Å²) < 4.78 is 26.1. The zero-order chi connectivity index (χ0) is 21.2. The first-order valence-corrected chi connectivity index (χ1v) is 12.1. The Hall–Kier alpha value is -1.76. The molecule has 0 N–H and O–H groups in total. The minimum atomic E-state index is -3.59. The average Bonchev–Trinajstić information content (AvgIpc) is 2.66. The van der Waals surface area contributed by atoms with Crippen molar-refractivity contribution in [2.45, 2.75) is 26.3 Å². The molecular weight excluding hydrogens is 431 g/mol. The van der Waals surface area contributed by atoms with Gasteiger partial charge in [0.05, 0.1) is 18.5 Å². The normalized spacial score (nSPS) is 17.2. The molecule has 0 aromatic heterocycles. The van der Waals surface area contributed by atoms with E-state index >= 15 is 0 Å². The third-order valence-corrected chi connectivity index (χ3v) is 6.96. The van der Waals surface area contributed by atoms with Crippen molar-refractivity contribution in [2.75, 3.05) is 23.7 Å². The van der Waals surface area contributed by atoms with Crippen LogP contribution < -0.4 is 4.31 Å². The molecule has 0 aliphatic carbocycles. The fourth-order valence-electron chi connectivity index (χ4n) is 3.55. The number of anilines is 1. The van der Waals surface area contributed by atoms with Crippen LogP contribution in [-0.4, -0.2) is 38.6 Å². The number of amides is 1. The van der Waals surface area contributed by atoms with Gasteiger partial charge in [-0.15, -0.1) is 0 Å². The van der Waals surface area contributed by atoms with E-state index in [0.717, 1.165) is 32.2 Å². The third-order valence-electron chi connectivity index (χ3n) is 5.11. The predicted molar refractivity (Wildman–Crippen MR) is 118 cm³/mol. The topological polar surface area (TPSA) is 57.7 Å². The van der Waals surface area contributed by atoms with Gasteiger partial charge in [-0.1, -0.05) is 36.2 Å². The van der Waals surface area contributed by atoms with Crippen LogP contribution in [0.15, 0.2) is 42.5 Å². The first kappa shape index (κ1) is 21.9. The van der Waals surface area contributed by atoms with Crippen LogP contribution in [0.2, 0.25) is 10.0 Å². The average molecular weight is 455 g/mol. The highest BCUT2D eigenvalue weighted by Gasteiger charge is 2.24. The van der Waals surface area contributed by atoms with Gasteiger partial charge in [-0.3, -0.25) is 9.10 Å². The van der Waals surface area contributed by atoms with Crippen molar-refractivity contribution in [2.24, 2.45) is 5.92 Å². The second-order valence-corrected chi connectivity index (χ2v) is 10.2. The standard InChI is InChI=1S/C21H24Cl2N2O3S/c1-15-5-4-12-24(13-15)21(26)16-8-10-17(11-9-16)25(29(2,27)28)14-18-19(22)6-3-7-20(18)23/h3,6-11,15H,4-5,12-14H2,1-2H3. The number of piperidine rings is 1. The number of rotatable bonds is 5. The van der Waals surface area contributed by atoms with Crippen molar-refractivity contribution in [3.63, 3.8) is 0 Å². The largest absolute Gasteiger partial charge is 0.338 e. The van der Waals surface area contributed by atoms with Gasteiger partial charge in [0.1, 0.15) is 0 Å². The summed E-state index contributed by atoms with van der Waals surface area (Å²) >= 11 is 12.4. The van der Waals surface area contributed by atoms with Crippen molar-refractivity contribution in [3.8, 4) is 0 Å². The predicted octanol–water partition coefficient (Wildman–Crippen LogP) is 4.83. The summed E-state index contributed by atoms with van der Waals surface area (Å²) in [5.74, 6) is 0.469. The summed E-state index contributed by atoms with van der Waals surface area (Å²) in [6.45, 7) is 3.66. The van der Waals surface area contributed by atoms with Gasteiger partial charge in [0.2, 0.25) is 10.0 Å². The van der Waals surface area contributed by atoms with Crippen LogP contribution in [0.5, 0.6) is 0 Å². The highest BCUT2D eigenvalue weighted by atomic mass is 35.5. The molecule has 1 unspecified atom stereocenters. The van der Waals surface area contributed by atoms with Crippen molar-refractivity contribution >= 4 is 44.8 Å². The van der Waals surface area contributed by atoms with E-state index < -0.39 is 10.0 Å². The SMILES string of the molecule is CC1CCCN(C(=O)c2ccc(N(Cc3c(Cl)cccc3Cl)S(C)(=O)=O)cc2)C1. The highest BCUT2D eigenvalue weighted by molar-refractivity contribution is 7.92. The molecule has 156 valence electrons. The molecule has 1 amide bonds. The van der Waals surface area contributed by atoms with Crippen molar-refractivity contribution in [3.05, 3.63) is 63.6 Å². The molecule has 2 aromatic carbocycles. The number of nitrogens with zero attached hydrogens (tertiary/aromatic N) is 2. The maximum Gasteiger partial charge on any atom is 0.253 e. The Bertz CT molecular complexity index is 973. The van der Waals surface area contributed by atoms with E-state index in [0.29, 0.717) is 32.8 Å².